The number of methoxy groups -OCH3 is 2. The molecular formula is C15H23NO3. The molecule has 0 bridgehead atoms. The van der Waals surface area contributed by atoms with E-state index in [1.54, 1.807) is 14.2 Å². The Morgan fingerprint density at radius 3 is 2.68 bits per heavy atom. The first-order valence-electron chi connectivity index (χ1n) is 6.75. The van der Waals surface area contributed by atoms with E-state index in [4.69, 9.17) is 14.2 Å². The molecule has 1 fully saturated rings. The van der Waals surface area contributed by atoms with Crippen LogP contribution >= 0.6 is 0 Å². The summed E-state index contributed by atoms with van der Waals surface area (Å²) >= 11 is 0. The molecule has 1 aliphatic heterocycles. The smallest absolute Gasteiger partial charge is 0.127 e. The highest BCUT2D eigenvalue weighted by atomic mass is 16.5. The average Bonchev–Trinajstić information content (AvgIpc) is 2.83. The van der Waals surface area contributed by atoms with E-state index in [9.17, 15) is 0 Å². The highest BCUT2D eigenvalue weighted by molar-refractivity contribution is 5.42. The van der Waals surface area contributed by atoms with Crippen molar-refractivity contribution in [1.82, 2.24) is 5.32 Å². The fourth-order valence-electron chi connectivity index (χ4n) is 2.54. The molecule has 1 heterocycles. The van der Waals surface area contributed by atoms with Gasteiger partial charge >= 0.3 is 0 Å². The number of nitrogens with one attached hydrogen (secondary N) is 1. The van der Waals surface area contributed by atoms with Crippen LogP contribution in [0.5, 0.6) is 11.5 Å². The normalized spacial score (nSPS) is 24.2. The molecule has 0 radical (unpaired) electrons. The van der Waals surface area contributed by atoms with E-state index in [0.29, 0.717) is 6.04 Å². The van der Waals surface area contributed by atoms with Gasteiger partial charge in [0.25, 0.3) is 0 Å². The topological polar surface area (TPSA) is 39.7 Å². The molecule has 1 aromatic rings. The van der Waals surface area contributed by atoms with Gasteiger partial charge in [0.15, 0.2) is 0 Å². The van der Waals surface area contributed by atoms with Gasteiger partial charge in [-0.2, -0.15) is 0 Å². The van der Waals surface area contributed by atoms with Crippen LogP contribution in [-0.2, 0) is 4.74 Å². The molecule has 1 aromatic carbocycles. The Hall–Kier alpha value is -1.26. The second-order valence-corrected chi connectivity index (χ2v) is 4.97. The van der Waals surface area contributed by atoms with E-state index in [2.05, 4.69) is 25.2 Å². The third-order valence-corrected chi connectivity index (χ3v) is 3.75. The summed E-state index contributed by atoms with van der Waals surface area (Å²) in [4.78, 5) is 0. The monoisotopic (exact) mass is 265 g/mol. The van der Waals surface area contributed by atoms with Gasteiger partial charge < -0.3 is 19.5 Å². The fourth-order valence-corrected chi connectivity index (χ4v) is 2.54. The van der Waals surface area contributed by atoms with Crippen molar-refractivity contribution < 1.29 is 14.2 Å². The number of hydrogen-bond donors (Lipinski definition) is 1. The van der Waals surface area contributed by atoms with Crippen molar-refractivity contribution in [3.63, 3.8) is 0 Å². The molecule has 19 heavy (non-hydrogen) atoms. The van der Waals surface area contributed by atoms with Crippen molar-refractivity contribution >= 4 is 0 Å². The Bertz CT molecular complexity index is 422. The minimum Gasteiger partial charge on any atom is -0.497 e. The molecule has 3 atom stereocenters. The Kier molecular flexibility index (Phi) is 4.66. The van der Waals surface area contributed by atoms with Crippen molar-refractivity contribution in [1.29, 1.82) is 0 Å². The first-order valence-corrected chi connectivity index (χ1v) is 6.75. The van der Waals surface area contributed by atoms with Crippen molar-refractivity contribution in [3.05, 3.63) is 23.8 Å². The van der Waals surface area contributed by atoms with E-state index < -0.39 is 0 Å². The summed E-state index contributed by atoms with van der Waals surface area (Å²) in [5, 5.41) is 3.61. The predicted molar refractivity (Wildman–Crippen MR) is 74.9 cm³/mol. The first-order chi connectivity index (χ1) is 9.15. The van der Waals surface area contributed by atoms with Crippen LogP contribution in [-0.4, -0.2) is 33.0 Å². The van der Waals surface area contributed by atoms with Crippen LogP contribution in [0.4, 0.5) is 0 Å². The van der Waals surface area contributed by atoms with E-state index in [-0.39, 0.29) is 12.1 Å². The van der Waals surface area contributed by atoms with E-state index >= 15 is 0 Å². The van der Waals surface area contributed by atoms with Gasteiger partial charge in [-0.1, -0.05) is 6.07 Å². The fraction of sp³-hybridized carbons (Fsp3) is 0.600. The van der Waals surface area contributed by atoms with E-state index in [1.165, 1.54) is 0 Å². The van der Waals surface area contributed by atoms with E-state index in [0.717, 1.165) is 30.1 Å². The van der Waals surface area contributed by atoms with Gasteiger partial charge in [-0.05, 0) is 26.3 Å². The Morgan fingerprint density at radius 2 is 2.11 bits per heavy atom. The van der Waals surface area contributed by atoms with Crippen LogP contribution in [0.1, 0.15) is 31.9 Å². The molecule has 4 heteroatoms. The largest absolute Gasteiger partial charge is 0.497 e. The van der Waals surface area contributed by atoms with Gasteiger partial charge in [-0.3, -0.25) is 0 Å². The van der Waals surface area contributed by atoms with Crippen LogP contribution < -0.4 is 14.8 Å². The lowest BCUT2D eigenvalue weighted by Gasteiger charge is -2.23. The minimum absolute atomic E-state index is 0.218. The molecule has 1 aliphatic rings. The Labute approximate surface area is 115 Å². The molecule has 4 nitrogen and oxygen atoms in total. The molecule has 0 amide bonds. The number of hydrogen-bond acceptors (Lipinski definition) is 4. The molecule has 1 N–H and O–H groups in total. The van der Waals surface area contributed by atoms with Crippen molar-refractivity contribution in [2.45, 2.75) is 38.5 Å². The standard InChI is InChI=1S/C15H23NO3/c1-10(16-14-7-8-19-11(14)2)13-6-5-12(17-3)9-15(13)18-4/h5-6,9-11,14,16H,7-8H2,1-4H3. The lowest BCUT2D eigenvalue weighted by Crippen LogP contribution is -2.36. The van der Waals surface area contributed by atoms with Gasteiger partial charge in [-0.25, -0.2) is 0 Å². The van der Waals surface area contributed by atoms with Gasteiger partial charge in [0.1, 0.15) is 11.5 Å². The molecule has 0 spiro atoms. The van der Waals surface area contributed by atoms with Gasteiger partial charge in [0, 0.05) is 30.3 Å². The average molecular weight is 265 g/mol. The maximum Gasteiger partial charge on any atom is 0.127 e. The van der Waals surface area contributed by atoms with Gasteiger partial charge in [0.2, 0.25) is 0 Å². The van der Waals surface area contributed by atoms with Gasteiger partial charge in [-0.15, -0.1) is 0 Å². The molecule has 0 aliphatic carbocycles. The van der Waals surface area contributed by atoms with Crippen LogP contribution in [0.3, 0.4) is 0 Å². The molecular weight excluding hydrogens is 242 g/mol. The predicted octanol–water partition coefficient (Wildman–Crippen LogP) is 2.53. The molecule has 0 aromatic heterocycles. The van der Waals surface area contributed by atoms with E-state index in [1.807, 2.05) is 12.1 Å². The number of ether oxygens (including phenoxy) is 3. The summed E-state index contributed by atoms with van der Waals surface area (Å²) < 4.78 is 16.3. The summed E-state index contributed by atoms with van der Waals surface area (Å²) in [6.07, 6.45) is 1.33. The highest BCUT2D eigenvalue weighted by Gasteiger charge is 2.26. The second-order valence-electron chi connectivity index (χ2n) is 4.97. The lowest BCUT2D eigenvalue weighted by molar-refractivity contribution is 0.111. The van der Waals surface area contributed by atoms with Crippen molar-refractivity contribution in [3.8, 4) is 11.5 Å². The number of benzene rings is 1. The quantitative estimate of drug-likeness (QED) is 0.888. The summed E-state index contributed by atoms with van der Waals surface area (Å²) in [7, 11) is 3.35. The number of rotatable bonds is 5. The molecule has 106 valence electrons. The van der Waals surface area contributed by atoms with Crippen LogP contribution in [0.25, 0.3) is 0 Å². The molecule has 2 rings (SSSR count). The van der Waals surface area contributed by atoms with Gasteiger partial charge in [0.05, 0.1) is 20.3 Å². The SMILES string of the molecule is COc1ccc(C(C)NC2CCOC2C)c(OC)c1. The van der Waals surface area contributed by atoms with Crippen LogP contribution in [0.2, 0.25) is 0 Å². The summed E-state index contributed by atoms with van der Waals surface area (Å²) in [6.45, 7) is 5.10. The lowest BCUT2D eigenvalue weighted by atomic mass is 10.0. The zero-order chi connectivity index (χ0) is 13.8. The minimum atomic E-state index is 0.218. The molecule has 1 saturated heterocycles. The summed E-state index contributed by atoms with van der Waals surface area (Å²) in [6, 6.07) is 6.56. The van der Waals surface area contributed by atoms with Crippen LogP contribution in [0.15, 0.2) is 18.2 Å². The zero-order valence-corrected chi connectivity index (χ0v) is 12.1. The Morgan fingerprint density at radius 1 is 1.32 bits per heavy atom. The van der Waals surface area contributed by atoms with Crippen molar-refractivity contribution in [2.75, 3.05) is 20.8 Å². The maximum absolute atomic E-state index is 5.58. The van der Waals surface area contributed by atoms with Crippen molar-refractivity contribution in [2.24, 2.45) is 0 Å². The molecule has 3 unspecified atom stereocenters. The summed E-state index contributed by atoms with van der Waals surface area (Å²) in [5.74, 6) is 1.66. The molecule has 0 saturated carbocycles. The first kappa shape index (κ1) is 14.2. The van der Waals surface area contributed by atoms with Crippen LogP contribution in [0, 0.1) is 0 Å². The zero-order valence-electron chi connectivity index (χ0n) is 12.1. The Balaban J connectivity index is 2.11. The maximum atomic E-state index is 5.58. The third kappa shape index (κ3) is 3.19. The second kappa shape index (κ2) is 6.26. The third-order valence-electron chi connectivity index (χ3n) is 3.75. The summed E-state index contributed by atoms with van der Waals surface area (Å²) in [5.41, 5.74) is 1.14. The highest BCUT2D eigenvalue weighted by Crippen LogP contribution is 2.30.